The number of amides is 1. The first kappa shape index (κ1) is 14.3. The fourth-order valence-electron chi connectivity index (χ4n) is 2.97. The monoisotopic (exact) mass is 270 g/mol. The van der Waals surface area contributed by atoms with Crippen molar-refractivity contribution in [1.29, 1.82) is 0 Å². The molecule has 0 bridgehead atoms. The minimum atomic E-state index is -1.02. The lowest BCUT2D eigenvalue weighted by Gasteiger charge is -2.25. The second-order valence-electron chi connectivity index (χ2n) is 5.54. The minimum Gasteiger partial charge on any atom is -0.480 e. The standard InChI is InChI=1S/C13H22N2O4/c16-10-6-11(13(18)19)15(8-10)12(17)4-3-9-2-1-5-14-7-9/h9-11,14,16H,1-8H2,(H,18,19)/t9?,10-,11+/m1/s1. The summed E-state index contributed by atoms with van der Waals surface area (Å²) in [6.07, 6.45) is 2.88. The number of nitrogens with zero attached hydrogens (tertiary/aromatic N) is 1. The van der Waals surface area contributed by atoms with Crippen LogP contribution >= 0.6 is 0 Å². The topological polar surface area (TPSA) is 89.9 Å². The molecule has 0 aromatic carbocycles. The molecule has 6 nitrogen and oxygen atoms in total. The molecular formula is C13H22N2O4. The zero-order valence-corrected chi connectivity index (χ0v) is 11.0. The number of piperidine rings is 1. The van der Waals surface area contributed by atoms with Crippen LogP contribution < -0.4 is 5.32 Å². The van der Waals surface area contributed by atoms with Gasteiger partial charge >= 0.3 is 5.97 Å². The van der Waals surface area contributed by atoms with Crippen LogP contribution in [0.2, 0.25) is 0 Å². The third-order valence-corrected chi connectivity index (χ3v) is 4.05. The quantitative estimate of drug-likeness (QED) is 0.659. The average Bonchev–Trinajstić information content (AvgIpc) is 2.79. The average molecular weight is 270 g/mol. The number of rotatable bonds is 4. The largest absolute Gasteiger partial charge is 0.480 e. The van der Waals surface area contributed by atoms with Gasteiger partial charge in [0.2, 0.25) is 5.91 Å². The van der Waals surface area contributed by atoms with Crippen molar-refractivity contribution in [3.63, 3.8) is 0 Å². The number of hydrogen-bond donors (Lipinski definition) is 3. The maximum Gasteiger partial charge on any atom is 0.326 e. The normalized spacial score (nSPS) is 31.4. The first-order valence-corrected chi connectivity index (χ1v) is 6.99. The molecule has 108 valence electrons. The van der Waals surface area contributed by atoms with E-state index in [-0.39, 0.29) is 18.9 Å². The van der Waals surface area contributed by atoms with E-state index in [4.69, 9.17) is 5.11 Å². The number of carboxylic acid groups (broad SMARTS) is 1. The van der Waals surface area contributed by atoms with Crippen molar-refractivity contribution in [1.82, 2.24) is 10.2 Å². The first-order valence-electron chi connectivity index (χ1n) is 6.99. The van der Waals surface area contributed by atoms with Gasteiger partial charge in [-0.25, -0.2) is 4.79 Å². The lowest BCUT2D eigenvalue weighted by Crippen LogP contribution is -2.41. The third kappa shape index (κ3) is 3.67. The molecule has 0 aliphatic carbocycles. The Morgan fingerprint density at radius 3 is 2.79 bits per heavy atom. The minimum absolute atomic E-state index is 0.144. The second-order valence-corrected chi connectivity index (χ2v) is 5.54. The summed E-state index contributed by atoms with van der Waals surface area (Å²) in [5, 5.41) is 21.9. The number of aliphatic carboxylic acids is 1. The Bertz CT molecular complexity index is 342. The fourth-order valence-corrected chi connectivity index (χ4v) is 2.97. The van der Waals surface area contributed by atoms with Gasteiger partial charge in [-0.3, -0.25) is 4.79 Å². The van der Waals surface area contributed by atoms with Crippen molar-refractivity contribution in [3.05, 3.63) is 0 Å². The molecule has 0 spiro atoms. The predicted octanol–water partition coefficient (Wildman–Crippen LogP) is -0.187. The van der Waals surface area contributed by atoms with E-state index in [9.17, 15) is 14.7 Å². The van der Waals surface area contributed by atoms with Crippen LogP contribution in [0.5, 0.6) is 0 Å². The Morgan fingerprint density at radius 2 is 2.16 bits per heavy atom. The molecule has 0 aromatic rings. The Morgan fingerprint density at radius 1 is 1.37 bits per heavy atom. The van der Waals surface area contributed by atoms with Crippen molar-refractivity contribution in [2.24, 2.45) is 5.92 Å². The summed E-state index contributed by atoms with van der Waals surface area (Å²) in [5.74, 6) is -0.660. The van der Waals surface area contributed by atoms with Crippen LogP contribution in [-0.2, 0) is 9.59 Å². The van der Waals surface area contributed by atoms with Crippen molar-refractivity contribution >= 4 is 11.9 Å². The van der Waals surface area contributed by atoms with E-state index >= 15 is 0 Å². The maximum absolute atomic E-state index is 12.1. The Hall–Kier alpha value is -1.14. The molecule has 2 rings (SSSR count). The summed E-state index contributed by atoms with van der Waals surface area (Å²) < 4.78 is 0. The lowest BCUT2D eigenvalue weighted by molar-refractivity contribution is -0.148. The van der Waals surface area contributed by atoms with E-state index in [0.717, 1.165) is 32.4 Å². The molecule has 2 aliphatic rings. The summed E-state index contributed by atoms with van der Waals surface area (Å²) >= 11 is 0. The van der Waals surface area contributed by atoms with Crippen LogP contribution in [0.3, 0.4) is 0 Å². The smallest absolute Gasteiger partial charge is 0.326 e. The van der Waals surface area contributed by atoms with Gasteiger partial charge in [-0.1, -0.05) is 0 Å². The van der Waals surface area contributed by atoms with E-state index < -0.39 is 18.1 Å². The molecule has 0 radical (unpaired) electrons. The number of nitrogens with one attached hydrogen (secondary N) is 1. The van der Waals surface area contributed by atoms with Crippen LogP contribution in [0.25, 0.3) is 0 Å². The van der Waals surface area contributed by atoms with Crippen LogP contribution in [0, 0.1) is 5.92 Å². The molecule has 0 aromatic heterocycles. The molecule has 2 fully saturated rings. The van der Waals surface area contributed by atoms with Crippen LogP contribution in [0.1, 0.15) is 32.1 Å². The van der Waals surface area contributed by atoms with Gasteiger partial charge in [0.1, 0.15) is 6.04 Å². The van der Waals surface area contributed by atoms with Crippen molar-refractivity contribution < 1.29 is 19.8 Å². The number of carbonyl (C=O) groups is 2. The molecular weight excluding hydrogens is 248 g/mol. The van der Waals surface area contributed by atoms with Gasteiger partial charge < -0.3 is 20.4 Å². The number of carbonyl (C=O) groups excluding carboxylic acids is 1. The first-order chi connectivity index (χ1) is 9.08. The highest BCUT2D eigenvalue weighted by Gasteiger charge is 2.38. The second kappa shape index (κ2) is 6.34. The predicted molar refractivity (Wildman–Crippen MR) is 68.6 cm³/mol. The molecule has 6 heteroatoms. The molecule has 0 saturated carbocycles. The summed E-state index contributed by atoms with van der Waals surface area (Å²) in [5.41, 5.74) is 0. The molecule has 3 atom stereocenters. The number of carboxylic acids is 1. The molecule has 2 aliphatic heterocycles. The Balaban J connectivity index is 1.82. The summed E-state index contributed by atoms with van der Waals surface area (Å²) in [6, 6.07) is -0.855. The highest BCUT2D eigenvalue weighted by Crippen LogP contribution is 2.22. The molecule has 1 amide bonds. The molecule has 19 heavy (non-hydrogen) atoms. The molecule has 2 saturated heterocycles. The SMILES string of the molecule is O=C(O)[C@@H]1C[C@@H](O)CN1C(=O)CCC1CCCNC1. The summed E-state index contributed by atoms with van der Waals surface area (Å²) in [7, 11) is 0. The number of likely N-dealkylation sites (tertiary alicyclic amines) is 1. The molecule has 2 heterocycles. The van der Waals surface area contributed by atoms with Crippen LogP contribution in [-0.4, -0.2) is 58.8 Å². The zero-order valence-electron chi connectivity index (χ0n) is 11.0. The van der Waals surface area contributed by atoms with Crippen molar-refractivity contribution in [2.75, 3.05) is 19.6 Å². The Labute approximate surface area is 112 Å². The van der Waals surface area contributed by atoms with Gasteiger partial charge in [0.15, 0.2) is 0 Å². The number of aliphatic hydroxyl groups is 1. The Kier molecular flexibility index (Phi) is 4.76. The van der Waals surface area contributed by atoms with Gasteiger partial charge in [-0.05, 0) is 38.3 Å². The molecule has 3 N–H and O–H groups in total. The highest BCUT2D eigenvalue weighted by molar-refractivity contribution is 5.84. The zero-order chi connectivity index (χ0) is 13.8. The highest BCUT2D eigenvalue weighted by atomic mass is 16.4. The lowest BCUT2D eigenvalue weighted by atomic mass is 9.94. The van der Waals surface area contributed by atoms with E-state index in [1.807, 2.05) is 0 Å². The van der Waals surface area contributed by atoms with Crippen molar-refractivity contribution in [3.8, 4) is 0 Å². The third-order valence-electron chi connectivity index (χ3n) is 4.05. The van der Waals surface area contributed by atoms with E-state index in [0.29, 0.717) is 12.3 Å². The number of hydrogen-bond acceptors (Lipinski definition) is 4. The van der Waals surface area contributed by atoms with Gasteiger partial charge in [0.05, 0.1) is 6.10 Å². The van der Waals surface area contributed by atoms with E-state index in [1.165, 1.54) is 4.90 Å². The van der Waals surface area contributed by atoms with Crippen LogP contribution in [0.15, 0.2) is 0 Å². The van der Waals surface area contributed by atoms with E-state index in [1.54, 1.807) is 0 Å². The summed E-state index contributed by atoms with van der Waals surface area (Å²) in [6.45, 7) is 2.14. The van der Waals surface area contributed by atoms with Gasteiger partial charge in [-0.15, -0.1) is 0 Å². The molecule has 1 unspecified atom stereocenters. The summed E-state index contributed by atoms with van der Waals surface area (Å²) in [4.78, 5) is 24.5. The van der Waals surface area contributed by atoms with E-state index in [2.05, 4.69) is 5.32 Å². The van der Waals surface area contributed by atoms with Gasteiger partial charge in [0, 0.05) is 19.4 Å². The fraction of sp³-hybridized carbons (Fsp3) is 0.846. The number of aliphatic hydroxyl groups excluding tert-OH is 1. The van der Waals surface area contributed by atoms with Crippen molar-refractivity contribution in [2.45, 2.75) is 44.2 Å². The van der Waals surface area contributed by atoms with Gasteiger partial charge in [0.25, 0.3) is 0 Å². The van der Waals surface area contributed by atoms with Crippen LogP contribution in [0.4, 0.5) is 0 Å². The number of β-amino-alcohol motifs (C(OH)–C–C–N with tert-alkyl or cyclic N) is 1. The maximum atomic E-state index is 12.1. The van der Waals surface area contributed by atoms with Gasteiger partial charge in [-0.2, -0.15) is 0 Å².